The average Bonchev–Trinajstić information content (AvgIpc) is 2.79. The Balaban J connectivity index is 1.91. The molecule has 31 heavy (non-hydrogen) atoms. The van der Waals surface area contributed by atoms with Gasteiger partial charge in [-0.2, -0.15) is 0 Å². The fraction of sp³-hybridized carbons (Fsp3) is 0.458. The summed E-state index contributed by atoms with van der Waals surface area (Å²) in [6.45, 7) is 10.8. The molecule has 1 aromatic heterocycles. The Labute approximate surface area is 184 Å². The van der Waals surface area contributed by atoms with Crippen LogP contribution in [-0.4, -0.2) is 61.0 Å². The summed E-state index contributed by atoms with van der Waals surface area (Å²) in [5.74, 6) is 0.447. The van der Waals surface area contributed by atoms with Gasteiger partial charge in [0.2, 0.25) is 0 Å². The van der Waals surface area contributed by atoms with Crippen molar-refractivity contribution in [3.8, 4) is 0 Å². The van der Waals surface area contributed by atoms with Gasteiger partial charge in [0.25, 0.3) is 11.8 Å². The molecule has 3 rings (SSSR count). The standard InChI is InChI=1S/C24H33N5O2/c1-4-12-29(13-5-2)24(31)21-16-20(17-26-22(21)28-14-10-25-11-15-28)27-23(30)19-8-6-18(3)7-9-19/h6-9,16-17,25H,4-5,10-15H2,1-3H3,(H,27,30). The van der Waals surface area contributed by atoms with Crippen LogP contribution in [0.4, 0.5) is 11.5 Å². The molecular weight excluding hydrogens is 390 g/mol. The van der Waals surface area contributed by atoms with Crippen LogP contribution < -0.4 is 15.5 Å². The van der Waals surface area contributed by atoms with Crippen molar-refractivity contribution >= 4 is 23.3 Å². The van der Waals surface area contributed by atoms with Crippen LogP contribution in [0.3, 0.4) is 0 Å². The summed E-state index contributed by atoms with van der Waals surface area (Å²) >= 11 is 0. The number of aryl methyl sites for hydroxylation is 1. The highest BCUT2D eigenvalue weighted by Gasteiger charge is 2.24. The highest BCUT2D eigenvalue weighted by atomic mass is 16.2. The number of amides is 2. The quantitative estimate of drug-likeness (QED) is 0.681. The maximum absolute atomic E-state index is 13.5. The first-order chi connectivity index (χ1) is 15.0. The van der Waals surface area contributed by atoms with E-state index in [4.69, 9.17) is 0 Å². The predicted molar refractivity (Wildman–Crippen MR) is 125 cm³/mol. The van der Waals surface area contributed by atoms with Gasteiger partial charge in [0, 0.05) is 44.8 Å². The average molecular weight is 424 g/mol. The van der Waals surface area contributed by atoms with Crippen LogP contribution in [0.2, 0.25) is 0 Å². The first-order valence-corrected chi connectivity index (χ1v) is 11.2. The number of nitrogens with zero attached hydrogens (tertiary/aromatic N) is 3. The van der Waals surface area contributed by atoms with Crippen molar-refractivity contribution in [1.82, 2.24) is 15.2 Å². The molecule has 166 valence electrons. The molecule has 0 radical (unpaired) electrons. The Kier molecular flexibility index (Phi) is 8.00. The summed E-state index contributed by atoms with van der Waals surface area (Å²) in [7, 11) is 0. The van der Waals surface area contributed by atoms with E-state index in [-0.39, 0.29) is 11.8 Å². The zero-order valence-corrected chi connectivity index (χ0v) is 18.8. The minimum Gasteiger partial charge on any atom is -0.353 e. The van der Waals surface area contributed by atoms with E-state index in [0.717, 1.165) is 44.6 Å². The maximum Gasteiger partial charge on any atom is 0.257 e. The molecule has 0 spiro atoms. The third-order valence-electron chi connectivity index (χ3n) is 5.36. The topological polar surface area (TPSA) is 77.6 Å². The van der Waals surface area contributed by atoms with Gasteiger partial charge in [-0.3, -0.25) is 9.59 Å². The van der Waals surface area contributed by atoms with Gasteiger partial charge in [-0.25, -0.2) is 4.98 Å². The van der Waals surface area contributed by atoms with E-state index in [0.29, 0.717) is 35.7 Å². The Morgan fingerprint density at radius 2 is 1.74 bits per heavy atom. The second-order valence-corrected chi connectivity index (χ2v) is 7.94. The van der Waals surface area contributed by atoms with E-state index >= 15 is 0 Å². The summed E-state index contributed by atoms with van der Waals surface area (Å²) in [5, 5.41) is 6.24. The molecule has 1 fully saturated rings. The highest BCUT2D eigenvalue weighted by molar-refractivity contribution is 6.06. The lowest BCUT2D eigenvalue weighted by atomic mass is 10.1. The molecule has 1 aromatic carbocycles. The van der Waals surface area contributed by atoms with Crippen molar-refractivity contribution in [1.29, 1.82) is 0 Å². The van der Waals surface area contributed by atoms with E-state index in [2.05, 4.69) is 34.4 Å². The van der Waals surface area contributed by atoms with Gasteiger partial charge in [-0.05, 0) is 38.0 Å². The van der Waals surface area contributed by atoms with Crippen molar-refractivity contribution in [2.75, 3.05) is 49.5 Å². The first-order valence-electron chi connectivity index (χ1n) is 11.2. The van der Waals surface area contributed by atoms with E-state index in [1.807, 2.05) is 24.0 Å². The maximum atomic E-state index is 13.5. The van der Waals surface area contributed by atoms with Gasteiger partial charge in [-0.1, -0.05) is 31.5 Å². The summed E-state index contributed by atoms with van der Waals surface area (Å²) < 4.78 is 0. The van der Waals surface area contributed by atoms with Gasteiger partial charge in [-0.15, -0.1) is 0 Å². The Bertz CT molecular complexity index is 885. The Morgan fingerprint density at radius 1 is 1.10 bits per heavy atom. The molecule has 0 atom stereocenters. The Morgan fingerprint density at radius 3 is 2.35 bits per heavy atom. The molecule has 1 aliphatic heterocycles. The van der Waals surface area contributed by atoms with Crippen molar-refractivity contribution in [3.63, 3.8) is 0 Å². The van der Waals surface area contributed by atoms with E-state index in [9.17, 15) is 9.59 Å². The molecule has 0 bridgehead atoms. The number of pyridine rings is 1. The molecule has 0 aliphatic carbocycles. The molecule has 7 heteroatoms. The third kappa shape index (κ3) is 5.82. The van der Waals surface area contributed by atoms with Crippen molar-refractivity contribution in [3.05, 3.63) is 53.2 Å². The zero-order chi connectivity index (χ0) is 22.2. The van der Waals surface area contributed by atoms with Gasteiger partial charge in [0.05, 0.1) is 17.4 Å². The fourth-order valence-electron chi connectivity index (χ4n) is 3.75. The van der Waals surface area contributed by atoms with Gasteiger partial charge in [0.15, 0.2) is 0 Å². The van der Waals surface area contributed by atoms with Gasteiger partial charge in [0.1, 0.15) is 5.82 Å². The minimum absolute atomic E-state index is 0.0313. The number of piperazine rings is 1. The number of hydrogen-bond acceptors (Lipinski definition) is 5. The van der Waals surface area contributed by atoms with Gasteiger partial charge >= 0.3 is 0 Å². The number of aromatic nitrogens is 1. The van der Waals surface area contributed by atoms with Crippen LogP contribution in [-0.2, 0) is 0 Å². The largest absolute Gasteiger partial charge is 0.353 e. The van der Waals surface area contributed by atoms with Crippen LogP contribution >= 0.6 is 0 Å². The van der Waals surface area contributed by atoms with E-state index in [1.54, 1.807) is 24.4 Å². The lowest BCUT2D eigenvalue weighted by molar-refractivity contribution is 0.0755. The number of hydrogen-bond donors (Lipinski definition) is 2. The highest BCUT2D eigenvalue weighted by Crippen LogP contribution is 2.24. The summed E-state index contributed by atoms with van der Waals surface area (Å²) in [6.07, 6.45) is 3.43. The monoisotopic (exact) mass is 423 g/mol. The number of benzene rings is 1. The summed E-state index contributed by atoms with van der Waals surface area (Å²) in [4.78, 5) is 34.8. The summed E-state index contributed by atoms with van der Waals surface area (Å²) in [6, 6.07) is 9.18. The van der Waals surface area contributed by atoms with Crippen molar-refractivity contribution < 1.29 is 9.59 Å². The van der Waals surface area contributed by atoms with Crippen LogP contribution in [0.25, 0.3) is 0 Å². The van der Waals surface area contributed by atoms with Crippen LogP contribution in [0.5, 0.6) is 0 Å². The molecular formula is C24H33N5O2. The fourth-order valence-corrected chi connectivity index (χ4v) is 3.75. The molecule has 1 saturated heterocycles. The molecule has 2 amide bonds. The van der Waals surface area contributed by atoms with Crippen LogP contribution in [0.15, 0.2) is 36.5 Å². The number of carbonyl (C=O) groups is 2. The second kappa shape index (κ2) is 10.9. The molecule has 0 saturated carbocycles. The van der Waals surface area contributed by atoms with Crippen LogP contribution in [0.1, 0.15) is 53.0 Å². The lowest BCUT2D eigenvalue weighted by Crippen LogP contribution is -2.45. The normalized spacial score (nSPS) is 13.7. The molecule has 2 heterocycles. The molecule has 1 aliphatic rings. The number of carbonyl (C=O) groups excluding carboxylic acids is 2. The minimum atomic E-state index is -0.214. The van der Waals surface area contributed by atoms with Crippen molar-refractivity contribution in [2.24, 2.45) is 0 Å². The van der Waals surface area contributed by atoms with Gasteiger partial charge < -0.3 is 20.4 Å². The van der Waals surface area contributed by atoms with E-state index in [1.165, 1.54) is 0 Å². The smallest absolute Gasteiger partial charge is 0.257 e. The Hall–Kier alpha value is -2.93. The molecule has 2 N–H and O–H groups in total. The first kappa shape index (κ1) is 22.7. The number of rotatable bonds is 8. The third-order valence-corrected chi connectivity index (χ3v) is 5.36. The molecule has 7 nitrogen and oxygen atoms in total. The lowest BCUT2D eigenvalue weighted by Gasteiger charge is -2.31. The van der Waals surface area contributed by atoms with Crippen LogP contribution in [0, 0.1) is 6.92 Å². The second-order valence-electron chi connectivity index (χ2n) is 7.94. The van der Waals surface area contributed by atoms with E-state index < -0.39 is 0 Å². The SMILES string of the molecule is CCCN(CCC)C(=O)c1cc(NC(=O)c2ccc(C)cc2)cnc1N1CCNCC1. The summed E-state index contributed by atoms with van der Waals surface area (Å²) in [5.41, 5.74) is 2.74. The molecule has 0 unspecified atom stereocenters. The van der Waals surface area contributed by atoms with Crippen molar-refractivity contribution in [2.45, 2.75) is 33.6 Å². The molecule has 2 aromatic rings. The number of nitrogens with one attached hydrogen (secondary N) is 2. The number of anilines is 2. The predicted octanol–water partition coefficient (Wildman–Crippen LogP) is 3.31. The zero-order valence-electron chi connectivity index (χ0n) is 18.8.